The van der Waals surface area contributed by atoms with E-state index in [0.717, 1.165) is 0 Å². The molecule has 0 aliphatic carbocycles. The highest BCUT2D eigenvalue weighted by atomic mass is 19.1. The molecule has 0 aromatic heterocycles. The molecule has 0 radical (unpaired) electrons. The van der Waals surface area contributed by atoms with Gasteiger partial charge in [0.15, 0.2) is 5.79 Å². The van der Waals surface area contributed by atoms with Crippen molar-refractivity contribution in [1.29, 1.82) is 0 Å². The Balaban J connectivity index is 1.93. The largest absolute Gasteiger partial charge is 0.349 e. The number of halogens is 1. The van der Waals surface area contributed by atoms with Crippen molar-refractivity contribution in [3.63, 3.8) is 0 Å². The zero-order valence-electron chi connectivity index (χ0n) is 11.3. The number of nitrogens with one attached hydrogen (secondary N) is 1. The Hall–Kier alpha value is -1.46. The number of amides is 1. The van der Waals surface area contributed by atoms with Crippen LogP contribution in [0.4, 0.5) is 4.39 Å². The zero-order chi connectivity index (χ0) is 14.0. The molecule has 1 saturated heterocycles. The van der Waals surface area contributed by atoms with Crippen molar-refractivity contribution in [3.05, 3.63) is 35.1 Å². The minimum Gasteiger partial charge on any atom is -0.349 e. The lowest BCUT2D eigenvalue weighted by atomic mass is 10.1. The number of carbonyl (C=O) groups excluding carboxylic acids is 1. The molecule has 1 fully saturated rings. The van der Waals surface area contributed by atoms with E-state index in [1.54, 1.807) is 19.1 Å². The smallest absolute Gasteiger partial charge is 0.254 e. The maximum Gasteiger partial charge on any atom is 0.254 e. The summed E-state index contributed by atoms with van der Waals surface area (Å²) >= 11 is 0. The first-order valence-electron chi connectivity index (χ1n) is 6.24. The summed E-state index contributed by atoms with van der Waals surface area (Å²) in [5, 5.41) is 2.66. The van der Waals surface area contributed by atoms with Crippen LogP contribution in [0.1, 0.15) is 29.8 Å². The van der Waals surface area contributed by atoms with Crippen LogP contribution >= 0.6 is 0 Å². The third-order valence-electron chi connectivity index (χ3n) is 2.99. The van der Waals surface area contributed by atoms with Gasteiger partial charge in [0, 0.05) is 6.54 Å². The normalized spacial score (nSPS) is 21.4. The van der Waals surface area contributed by atoms with Crippen molar-refractivity contribution in [1.82, 2.24) is 5.32 Å². The standard InChI is InChI=1S/C14H18FNO3/c1-9-5-4-6-11(12(9)15)13(17)16-7-10-8-18-14(2,3)19-10/h4-6,10H,7-8H2,1-3H3,(H,16,17). The third kappa shape index (κ3) is 3.30. The van der Waals surface area contributed by atoms with Crippen LogP contribution in [0.2, 0.25) is 0 Å². The van der Waals surface area contributed by atoms with Crippen LogP contribution in [0.25, 0.3) is 0 Å². The molecule has 1 N–H and O–H groups in total. The third-order valence-corrected chi connectivity index (χ3v) is 2.99. The zero-order valence-corrected chi connectivity index (χ0v) is 11.3. The Bertz CT molecular complexity index is 488. The fraction of sp³-hybridized carbons (Fsp3) is 0.500. The maximum atomic E-state index is 13.8. The van der Waals surface area contributed by atoms with E-state index in [2.05, 4.69) is 5.32 Å². The molecule has 104 valence electrons. The number of carbonyl (C=O) groups is 1. The fourth-order valence-corrected chi connectivity index (χ4v) is 1.99. The van der Waals surface area contributed by atoms with Gasteiger partial charge in [0.25, 0.3) is 5.91 Å². The fourth-order valence-electron chi connectivity index (χ4n) is 1.99. The molecule has 1 aliphatic heterocycles. The molecule has 1 aromatic carbocycles. The predicted molar refractivity (Wildman–Crippen MR) is 68.4 cm³/mol. The summed E-state index contributed by atoms with van der Waals surface area (Å²) in [7, 11) is 0. The molecule has 2 rings (SSSR count). The molecular weight excluding hydrogens is 249 g/mol. The van der Waals surface area contributed by atoms with Gasteiger partial charge in [-0.2, -0.15) is 0 Å². The van der Waals surface area contributed by atoms with E-state index in [0.29, 0.717) is 18.7 Å². The van der Waals surface area contributed by atoms with Gasteiger partial charge in [-0.25, -0.2) is 4.39 Å². The first-order chi connectivity index (χ1) is 8.89. The Morgan fingerprint density at radius 3 is 2.89 bits per heavy atom. The van der Waals surface area contributed by atoms with Crippen LogP contribution in [0, 0.1) is 12.7 Å². The predicted octanol–water partition coefficient (Wildman–Crippen LogP) is 2.02. The molecule has 1 atom stereocenters. The van der Waals surface area contributed by atoms with E-state index < -0.39 is 17.5 Å². The molecule has 1 aliphatic rings. The minimum absolute atomic E-state index is 0.0539. The SMILES string of the molecule is Cc1cccc(C(=O)NCC2COC(C)(C)O2)c1F. The van der Waals surface area contributed by atoms with E-state index in [4.69, 9.17) is 9.47 Å². The molecule has 0 saturated carbocycles. The summed E-state index contributed by atoms with van der Waals surface area (Å²) in [5.41, 5.74) is 0.507. The van der Waals surface area contributed by atoms with Gasteiger partial charge in [-0.3, -0.25) is 4.79 Å². The van der Waals surface area contributed by atoms with Gasteiger partial charge in [0.2, 0.25) is 0 Å². The Kier molecular flexibility index (Phi) is 3.87. The van der Waals surface area contributed by atoms with Crippen molar-refractivity contribution in [2.24, 2.45) is 0 Å². The Labute approximate surface area is 111 Å². The second-order valence-corrected chi connectivity index (χ2v) is 5.10. The van der Waals surface area contributed by atoms with Crippen LogP contribution in [-0.4, -0.2) is 30.9 Å². The second kappa shape index (κ2) is 5.27. The van der Waals surface area contributed by atoms with Crippen LogP contribution < -0.4 is 5.32 Å². The average molecular weight is 267 g/mol. The summed E-state index contributed by atoms with van der Waals surface area (Å²) in [6, 6.07) is 4.75. The lowest BCUT2D eigenvalue weighted by Gasteiger charge is -2.17. The number of hydrogen-bond acceptors (Lipinski definition) is 3. The number of aryl methyl sites for hydroxylation is 1. The summed E-state index contributed by atoms with van der Waals surface area (Å²) in [6.45, 7) is 5.98. The molecule has 5 heteroatoms. The molecule has 19 heavy (non-hydrogen) atoms. The second-order valence-electron chi connectivity index (χ2n) is 5.10. The van der Waals surface area contributed by atoms with E-state index >= 15 is 0 Å². The summed E-state index contributed by atoms with van der Waals surface area (Å²) < 4.78 is 24.7. The molecule has 1 heterocycles. The topological polar surface area (TPSA) is 47.6 Å². The van der Waals surface area contributed by atoms with Crippen molar-refractivity contribution >= 4 is 5.91 Å². The van der Waals surface area contributed by atoms with Crippen LogP contribution in [0.3, 0.4) is 0 Å². The summed E-state index contributed by atoms with van der Waals surface area (Å²) in [4.78, 5) is 11.9. The molecule has 1 aromatic rings. The van der Waals surface area contributed by atoms with Gasteiger partial charge in [-0.05, 0) is 32.4 Å². The molecule has 4 nitrogen and oxygen atoms in total. The molecule has 0 spiro atoms. The van der Waals surface area contributed by atoms with E-state index in [9.17, 15) is 9.18 Å². The maximum absolute atomic E-state index is 13.8. The number of rotatable bonds is 3. The molecule has 0 bridgehead atoms. The van der Waals surface area contributed by atoms with Crippen molar-refractivity contribution in [2.45, 2.75) is 32.7 Å². The van der Waals surface area contributed by atoms with Gasteiger partial charge < -0.3 is 14.8 Å². The quantitative estimate of drug-likeness (QED) is 0.911. The highest BCUT2D eigenvalue weighted by Gasteiger charge is 2.32. The number of ether oxygens (including phenoxy) is 2. The van der Waals surface area contributed by atoms with Crippen LogP contribution in [0.15, 0.2) is 18.2 Å². The highest BCUT2D eigenvalue weighted by molar-refractivity contribution is 5.94. The van der Waals surface area contributed by atoms with E-state index in [-0.39, 0.29) is 11.7 Å². The van der Waals surface area contributed by atoms with Crippen molar-refractivity contribution in [3.8, 4) is 0 Å². The summed E-state index contributed by atoms with van der Waals surface area (Å²) in [5.74, 6) is -1.54. The monoisotopic (exact) mass is 267 g/mol. The highest BCUT2D eigenvalue weighted by Crippen LogP contribution is 2.21. The van der Waals surface area contributed by atoms with Gasteiger partial charge >= 0.3 is 0 Å². The van der Waals surface area contributed by atoms with Crippen molar-refractivity contribution in [2.75, 3.05) is 13.2 Å². The minimum atomic E-state index is -0.621. The Morgan fingerprint density at radius 1 is 1.53 bits per heavy atom. The first-order valence-corrected chi connectivity index (χ1v) is 6.24. The number of hydrogen-bond donors (Lipinski definition) is 1. The molecule has 1 unspecified atom stereocenters. The van der Waals surface area contributed by atoms with Crippen LogP contribution in [0.5, 0.6) is 0 Å². The first kappa shape index (κ1) is 14.0. The van der Waals surface area contributed by atoms with Crippen molar-refractivity contribution < 1.29 is 18.7 Å². The average Bonchev–Trinajstić information content (AvgIpc) is 2.69. The molecule has 1 amide bonds. The van der Waals surface area contributed by atoms with Gasteiger partial charge in [0.1, 0.15) is 11.9 Å². The Morgan fingerprint density at radius 2 is 2.26 bits per heavy atom. The van der Waals surface area contributed by atoms with E-state index in [1.807, 2.05) is 13.8 Å². The van der Waals surface area contributed by atoms with E-state index in [1.165, 1.54) is 6.07 Å². The van der Waals surface area contributed by atoms with Gasteiger partial charge in [0.05, 0.1) is 12.2 Å². The van der Waals surface area contributed by atoms with Gasteiger partial charge in [-0.1, -0.05) is 12.1 Å². The van der Waals surface area contributed by atoms with Crippen LogP contribution in [-0.2, 0) is 9.47 Å². The van der Waals surface area contributed by atoms with Gasteiger partial charge in [-0.15, -0.1) is 0 Å². The number of benzene rings is 1. The summed E-state index contributed by atoms with van der Waals surface area (Å²) in [6.07, 6.45) is -0.202. The molecular formula is C14H18FNO3. The lowest BCUT2D eigenvalue weighted by Crippen LogP contribution is -2.34. The lowest BCUT2D eigenvalue weighted by molar-refractivity contribution is -0.137.